The minimum atomic E-state index is -0.871. The third-order valence-corrected chi connectivity index (χ3v) is 6.44. The maximum absolute atomic E-state index is 5.65. The molecule has 0 spiro atoms. The first-order chi connectivity index (χ1) is 7.42. The number of benzene rings is 1. The molecule has 0 aliphatic carbocycles. The van der Waals surface area contributed by atoms with Crippen LogP contribution < -0.4 is 4.57 Å². The van der Waals surface area contributed by atoms with Crippen LogP contribution in [-0.4, -0.2) is 8.96 Å². The molecule has 1 aromatic carbocycles. The zero-order valence-corrected chi connectivity index (χ0v) is 10.2. The minimum absolute atomic E-state index is 0.871. The van der Waals surface area contributed by atoms with E-state index in [9.17, 15) is 0 Å². The Hall–Kier alpha value is -1.20. The molecule has 78 valence electrons. The molecule has 1 fully saturated rings. The highest BCUT2D eigenvalue weighted by molar-refractivity contribution is 6.64. The summed E-state index contributed by atoms with van der Waals surface area (Å²) in [6.07, 6.45) is 9.80. The first-order valence-electron chi connectivity index (χ1n) is 5.72. The Morgan fingerprint density at radius 1 is 1.07 bits per heavy atom. The highest BCUT2D eigenvalue weighted by Gasteiger charge is 2.21. The Bertz CT molecular complexity index is 335. The van der Waals surface area contributed by atoms with Gasteiger partial charge in [-0.05, 0) is 30.3 Å². The van der Waals surface area contributed by atoms with Gasteiger partial charge < -0.3 is 4.57 Å². The SMILES string of the molecule is C#CN(c1ccccc1)[SiH]1CCCCC1. The average molecular weight is 215 g/mol. The molecule has 1 nitrogen and oxygen atoms in total. The first kappa shape index (κ1) is 10.3. The van der Waals surface area contributed by atoms with Crippen molar-refractivity contribution in [2.24, 2.45) is 0 Å². The predicted molar refractivity (Wildman–Crippen MR) is 68.4 cm³/mol. The lowest BCUT2D eigenvalue weighted by atomic mass is 10.3. The molecule has 1 aliphatic rings. The van der Waals surface area contributed by atoms with Gasteiger partial charge in [-0.15, -0.1) is 0 Å². The predicted octanol–water partition coefficient (Wildman–Crippen LogP) is 2.99. The van der Waals surface area contributed by atoms with E-state index in [0.717, 1.165) is 0 Å². The molecule has 1 saturated heterocycles. The largest absolute Gasteiger partial charge is 0.332 e. The van der Waals surface area contributed by atoms with E-state index in [2.05, 4.69) is 34.9 Å². The molecule has 0 amide bonds. The Balaban J connectivity index is 2.14. The van der Waals surface area contributed by atoms with Crippen LogP contribution in [0.2, 0.25) is 12.1 Å². The van der Waals surface area contributed by atoms with Gasteiger partial charge in [0.15, 0.2) is 8.96 Å². The summed E-state index contributed by atoms with van der Waals surface area (Å²) in [4.78, 5) is 0. The third-order valence-electron chi connectivity index (χ3n) is 3.11. The molecule has 15 heavy (non-hydrogen) atoms. The summed E-state index contributed by atoms with van der Waals surface area (Å²) in [6, 6.07) is 16.1. The molecule has 2 rings (SSSR count). The van der Waals surface area contributed by atoms with Gasteiger partial charge >= 0.3 is 0 Å². The van der Waals surface area contributed by atoms with Crippen molar-refractivity contribution in [1.82, 2.24) is 0 Å². The van der Waals surface area contributed by atoms with Gasteiger partial charge in [0.1, 0.15) is 0 Å². The van der Waals surface area contributed by atoms with Gasteiger partial charge in [-0.1, -0.05) is 43.9 Å². The summed E-state index contributed by atoms with van der Waals surface area (Å²) in [5, 5.41) is 0. The van der Waals surface area contributed by atoms with Crippen LogP contribution in [0.4, 0.5) is 5.69 Å². The number of rotatable bonds is 2. The molecule has 1 heterocycles. The zero-order chi connectivity index (χ0) is 10.5. The minimum Gasteiger partial charge on any atom is -0.332 e. The van der Waals surface area contributed by atoms with Crippen LogP contribution in [0.15, 0.2) is 30.3 Å². The molecule has 0 N–H and O–H groups in total. The molecule has 0 saturated carbocycles. The van der Waals surface area contributed by atoms with Crippen LogP contribution in [0.5, 0.6) is 0 Å². The average Bonchev–Trinajstić information content (AvgIpc) is 2.33. The van der Waals surface area contributed by atoms with Crippen molar-refractivity contribution < 1.29 is 0 Å². The lowest BCUT2D eigenvalue weighted by molar-refractivity contribution is 0.721. The van der Waals surface area contributed by atoms with Gasteiger partial charge in [0.05, 0.1) is 0 Å². The van der Waals surface area contributed by atoms with Crippen molar-refractivity contribution in [1.29, 1.82) is 0 Å². The Kier molecular flexibility index (Phi) is 3.47. The van der Waals surface area contributed by atoms with E-state index in [4.69, 9.17) is 6.42 Å². The Morgan fingerprint density at radius 3 is 2.33 bits per heavy atom. The Labute approximate surface area is 93.8 Å². The van der Waals surface area contributed by atoms with Crippen LogP contribution in [0.3, 0.4) is 0 Å². The molecule has 0 radical (unpaired) electrons. The Morgan fingerprint density at radius 2 is 1.73 bits per heavy atom. The molecule has 1 aromatic rings. The number of hydrogen-bond acceptors (Lipinski definition) is 1. The molecular formula is C13H17NSi. The topological polar surface area (TPSA) is 3.24 Å². The van der Waals surface area contributed by atoms with Crippen molar-refractivity contribution in [3.05, 3.63) is 30.3 Å². The van der Waals surface area contributed by atoms with Gasteiger partial charge in [0.2, 0.25) is 0 Å². The van der Waals surface area contributed by atoms with Gasteiger partial charge in [0.25, 0.3) is 0 Å². The number of hydrogen-bond donors (Lipinski definition) is 0. The van der Waals surface area contributed by atoms with Crippen molar-refractivity contribution in [3.63, 3.8) is 0 Å². The maximum Gasteiger partial charge on any atom is 0.156 e. The monoisotopic (exact) mass is 215 g/mol. The molecule has 0 unspecified atom stereocenters. The van der Waals surface area contributed by atoms with Crippen molar-refractivity contribution in [2.75, 3.05) is 4.57 Å². The van der Waals surface area contributed by atoms with Gasteiger partial charge in [-0.3, -0.25) is 0 Å². The second-order valence-electron chi connectivity index (χ2n) is 4.13. The number of terminal acetylenes is 1. The lowest BCUT2D eigenvalue weighted by Crippen LogP contribution is -2.36. The van der Waals surface area contributed by atoms with E-state index in [0.29, 0.717) is 0 Å². The summed E-state index contributed by atoms with van der Waals surface area (Å²) < 4.78 is 2.24. The van der Waals surface area contributed by atoms with Crippen LogP contribution >= 0.6 is 0 Å². The fraction of sp³-hybridized carbons (Fsp3) is 0.385. The molecule has 2 heteroatoms. The number of anilines is 1. The summed E-state index contributed by atoms with van der Waals surface area (Å²) in [7, 11) is -0.871. The molecule has 1 aliphatic heterocycles. The highest BCUT2D eigenvalue weighted by atomic mass is 28.3. The van der Waals surface area contributed by atoms with Gasteiger partial charge in [-0.25, -0.2) is 0 Å². The second-order valence-corrected chi connectivity index (χ2v) is 7.11. The van der Waals surface area contributed by atoms with Crippen LogP contribution in [-0.2, 0) is 0 Å². The van der Waals surface area contributed by atoms with Crippen molar-refractivity contribution in [3.8, 4) is 12.5 Å². The number of para-hydroxylation sites is 1. The van der Waals surface area contributed by atoms with Crippen molar-refractivity contribution in [2.45, 2.75) is 31.4 Å². The molecule has 0 bridgehead atoms. The quantitative estimate of drug-likeness (QED) is 0.416. The molecule has 0 aromatic heterocycles. The summed E-state index contributed by atoms with van der Waals surface area (Å²) >= 11 is 0. The fourth-order valence-corrected chi connectivity index (χ4v) is 5.45. The van der Waals surface area contributed by atoms with Crippen LogP contribution in [0.1, 0.15) is 19.3 Å². The van der Waals surface area contributed by atoms with Gasteiger partial charge in [0, 0.05) is 5.69 Å². The zero-order valence-electron chi connectivity index (χ0n) is 9.02. The normalized spacial score (nSPS) is 17.0. The van der Waals surface area contributed by atoms with E-state index < -0.39 is 8.96 Å². The van der Waals surface area contributed by atoms with E-state index in [1.54, 1.807) is 0 Å². The van der Waals surface area contributed by atoms with E-state index in [-0.39, 0.29) is 0 Å². The maximum atomic E-state index is 5.65. The third kappa shape index (κ3) is 2.43. The number of nitrogens with zero attached hydrogens (tertiary/aromatic N) is 1. The standard InChI is InChI=1S/C13H17NSi/c1-2-14(13-9-5-3-6-10-13)15-11-7-4-8-12-15/h1,3,5-6,9-10,15H,4,7-8,11-12H2. The van der Waals surface area contributed by atoms with Crippen LogP contribution in [0.25, 0.3) is 0 Å². The fourth-order valence-electron chi connectivity index (χ4n) is 2.32. The molecular weight excluding hydrogens is 198 g/mol. The van der Waals surface area contributed by atoms with E-state index in [1.165, 1.54) is 37.0 Å². The van der Waals surface area contributed by atoms with E-state index >= 15 is 0 Å². The van der Waals surface area contributed by atoms with Gasteiger partial charge in [-0.2, -0.15) is 0 Å². The second kappa shape index (κ2) is 5.04. The highest BCUT2D eigenvalue weighted by Crippen LogP contribution is 2.25. The van der Waals surface area contributed by atoms with E-state index in [1.807, 2.05) is 6.07 Å². The van der Waals surface area contributed by atoms with Crippen LogP contribution in [0, 0.1) is 12.5 Å². The smallest absolute Gasteiger partial charge is 0.156 e. The molecule has 0 atom stereocenters. The lowest BCUT2D eigenvalue weighted by Gasteiger charge is -2.30. The summed E-state index contributed by atoms with van der Waals surface area (Å²) in [5.41, 5.74) is 1.22. The van der Waals surface area contributed by atoms with Crippen molar-refractivity contribution >= 4 is 14.6 Å². The summed E-state index contributed by atoms with van der Waals surface area (Å²) in [5.74, 6) is 0. The summed E-state index contributed by atoms with van der Waals surface area (Å²) in [6.45, 7) is 0. The first-order valence-corrected chi connectivity index (χ1v) is 7.87.